The molecule has 1 unspecified atom stereocenters. The Balaban J connectivity index is 0.000000193. The van der Waals surface area contributed by atoms with Crippen molar-refractivity contribution in [1.82, 2.24) is 28.2 Å². The lowest BCUT2D eigenvalue weighted by Crippen LogP contribution is -2.51. The lowest BCUT2D eigenvalue weighted by molar-refractivity contribution is -0.112. The number of hydrogen-bond acceptors (Lipinski definition) is 6. The molecule has 0 bridgehead atoms. The number of hydrogen-bond donors (Lipinski definition) is 1. The van der Waals surface area contributed by atoms with Crippen molar-refractivity contribution in [3.05, 3.63) is 129 Å². The zero-order valence-electron chi connectivity index (χ0n) is 46.0. The average Bonchev–Trinajstić information content (AvgIpc) is 3.97. The Morgan fingerprint density at radius 3 is 1.37 bits per heavy atom. The van der Waals surface area contributed by atoms with E-state index in [9.17, 15) is 9.90 Å². The number of aliphatic hydroxyl groups excluding tert-OH is 1. The first-order chi connectivity index (χ1) is 33.8. The van der Waals surface area contributed by atoms with Gasteiger partial charge in [0.05, 0.1) is 6.10 Å². The van der Waals surface area contributed by atoms with Crippen molar-refractivity contribution in [2.45, 2.75) is 175 Å². The van der Waals surface area contributed by atoms with E-state index < -0.39 is 22.6 Å². The molecule has 2 aromatic carbocycles. The molecule has 11 heteroatoms. The summed E-state index contributed by atoms with van der Waals surface area (Å²) in [6.07, 6.45) is 13.4. The number of carbonyl (C=O) groups is 1. The highest BCUT2D eigenvalue weighted by Crippen LogP contribution is 2.46. The largest absolute Gasteiger partial charge is 0.388 e. The molecule has 6 aromatic rings. The molecular weight excluding hydrogens is 1020 g/mol. The van der Waals surface area contributed by atoms with Gasteiger partial charge in [-0.05, 0) is 180 Å². The number of pyridine rings is 2. The van der Waals surface area contributed by atoms with Crippen LogP contribution in [0.15, 0.2) is 97.6 Å². The summed E-state index contributed by atoms with van der Waals surface area (Å²) in [5, 5.41) is 14.2. The van der Waals surface area contributed by atoms with E-state index in [1.165, 1.54) is 31.3 Å². The van der Waals surface area contributed by atoms with Crippen LogP contribution in [0.5, 0.6) is 0 Å². The topological polar surface area (TPSA) is 79.4 Å². The van der Waals surface area contributed by atoms with Crippen LogP contribution in [0.1, 0.15) is 143 Å². The maximum atomic E-state index is 11.7. The van der Waals surface area contributed by atoms with E-state index in [0.717, 1.165) is 93.4 Å². The number of rotatable bonds is 15. The molecule has 6 heterocycles. The van der Waals surface area contributed by atoms with Crippen LogP contribution >= 0.6 is 22.6 Å². The number of aliphatic hydroxyl groups is 1. The molecule has 2 aliphatic heterocycles. The fourth-order valence-corrected chi connectivity index (χ4v) is 27.3. The molecule has 0 spiro atoms. The Kier molecular flexibility index (Phi) is 20.1. The van der Waals surface area contributed by atoms with Gasteiger partial charge in [-0.25, -0.2) is 9.97 Å². The van der Waals surface area contributed by atoms with Crippen LogP contribution in [-0.4, -0.2) is 82.3 Å². The third kappa shape index (κ3) is 12.2. The van der Waals surface area contributed by atoms with Crippen LogP contribution in [0.25, 0.3) is 22.1 Å². The molecule has 386 valence electrons. The van der Waals surface area contributed by atoms with Crippen LogP contribution in [-0.2, 0) is 17.9 Å². The van der Waals surface area contributed by atoms with Gasteiger partial charge in [-0.15, -0.1) is 0 Å². The summed E-state index contributed by atoms with van der Waals surface area (Å²) in [6.45, 7) is 39.2. The first-order valence-electron chi connectivity index (χ1n) is 27.1. The summed E-state index contributed by atoms with van der Waals surface area (Å²) in [7, 11) is -3.62. The SMILES string of the molecule is Cc1cnc2c(ccn2[Si](C(C)C)(C(C)C)C(C)C)c1C(O)C1CCN(Cc2ccccc2)CC1.Cc1cnc2c(ccn2[Si](C(C)C)(C(C)C)C(C)C)c1I.O=CC1CCN(Cc2ccccc2)CC1. The number of piperidine rings is 2. The number of likely N-dealkylation sites (tertiary alicyclic amines) is 2. The Labute approximate surface area is 444 Å². The number of halogens is 1. The molecule has 2 fully saturated rings. The maximum Gasteiger partial charge on any atom is 0.171 e. The monoisotopic (exact) mass is 1110 g/mol. The second-order valence-corrected chi connectivity index (χ2v) is 35.5. The molecular formula is C60H89IN6O2Si2. The Morgan fingerprint density at radius 1 is 0.577 bits per heavy atom. The van der Waals surface area contributed by atoms with E-state index in [1.807, 2.05) is 18.5 Å². The van der Waals surface area contributed by atoms with Gasteiger partial charge in [0, 0.05) is 45.7 Å². The van der Waals surface area contributed by atoms with Gasteiger partial charge in [0.25, 0.3) is 0 Å². The van der Waals surface area contributed by atoms with E-state index in [-0.39, 0.29) is 5.92 Å². The van der Waals surface area contributed by atoms with Gasteiger partial charge in [-0.2, -0.15) is 0 Å². The smallest absolute Gasteiger partial charge is 0.171 e. The normalized spacial score (nSPS) is 16.4. The number of aromatic nitrogens is 4. The van der Waals surface area contributed by atoms with E-state index in [2.05, 4.69) is 217 Å². The van der Waals surface area contributed by atoms with Crippen molar-refractivity contribution in [3.63, 3.8) is 0 Å². The van der Waals surface area contributed by atoms with Crippen LogP contribution in [0.2, 0.25) is 33.2 Å². The van der Waals surface area contributed by atoms with Crippen LogP contribution in [0.3, 0.4) is 0 Å². The summed E-state index contributed by atoms with van der Waals surface area (Å²) in [5.74, 6) is 0.592. The summed E-state index contributed by atoms with van der Waals surface area (Å²) in [4.78, 5) is 25.3. The number of aryl methyl sites for hydroxylation is 2. The predicted molar refractivity (Wildman–Crippen MR) is 314 cm³/mol. The van der Waals surface area contributed by atoms with E-state index in [4.69, 9.17) is 9.97 Å². The van der Waals surface area contributed by atoms with Crippen molar-refractivity contribution in [3.8, 4) is 0 Å². The minimum absolute atomic E-state index is 0.289. The van der Waals surface area contributed by atoms with Crippen molar-refractivity contribution < 1.29 is 9.90 Å². The molecule has 0 saturated carbocycles. The number of carbonyl (C=O) groups excluding carboxylic acids is 1. The van der Waals surface area contributed by atoms with Crippen molar-refractivity contribution in [1.29, 1.82) is 0 Å². The van der Waals surface area contributed by atoms with Crippen molar-refractivity contribution >= 4 is 67.4 Å². The zero-order chi connectivity index (χ0) is 51.8. The molecule has 0 amide bonds. The highest BCUT2D eigenvalue weighted by molar-refractivity contribution is 14.1. The summed E-state index contributed by atoms with van der Waals surface area (Å²) in [5.41, 5.74) is 12.4. The molecule has 4 aromatic heterocycles. The summed E-state index contributed by atoms with van der Waals surface area (Å²) in [6, 6.07) is 25.7. The average molecular weight is 1110 g/mol. The molecule has 1 atom stereocenters. The zero-order valence-corrected chi connectivity index (χ0v) is 50.2. The molecule has 2 saturated heterocycles. The molecule has 2 aliphatic rings. The van der Waals surface area contributed by atoms with Gasteiger partial charge < -0.3 is 18.4 Å². The highest BCUT2D eigenvalue weighted by Gasteiger charge is 2.47. The van der Waals surface area contributed by atoms with E-state index in [0.29, 0.717) is 39.2 Å². The van der Waals surface area contributed by atoms with Gasteiger partial charge >= 0.3 is 0 Å². The first kappa shape index (κ1) is 56.8. The third-order valence-electron chi connectivity index (χ3n) is 16.9. The van der Waals surface area contributed by atoms with E-state index in [1.54, 1.807) is 0 Å². The van der Waals surface area contributed by atoms with Crippen LogP contribution < -0.4 is 0 Å². The Hall–Kier alpha value is -3.47. The second kappa shape index (κ2) is 25.2. The van der Waals surface area contributed by atoms with Crippen LogP contribution in [0, 0.1) is 29.3 Å². The molecule has 8 nitrogen and oxygen atoms in total. The third-order valence-corrected chi connectivity index (χ3v) is 31.8. The molecule has 8 rings (SSSR count). The fourth-order valence-electron chi connectivity index (χ4n) is 13.6. The van der Waals surface area contributed by atoms with Gasteiger partial charge in [-0.1, -0.05) is 144 Å². The Morgan fingerprint density at radius 2 is 0.958 bits per heavy atom. The quantitative estimate of drug-likeness (QED) is 0.0627. The van der Waals surface area contributed by atoms with Gasteiger partial charge in [0.1, 0.15) is 17.6 Å². The second-order valence-electron chi connectivity index (χ2n) is 22.9. The molecule has 71 heavy (non-hydrogen) atoms. The summed E-state index contributed by atoms with van der Waals surface area (Å²) < 4.78 is 6.50. The first-order valence-corrected chi connectivity index (χ1v) is 32.5. The minimum atomic E-state index is -1.91. The fraction of sp³-hybridized carbons (Fsp3) is 0.550. The highest BCUT2D eigenvalue weighted by atomic mass is 127. The molecule has 0 radical (unpaired) electrons. The summed E-state index contributed by atoms with van der Waals surface area (Å²) >= 11 is 2.46. The maximum absolute atomic E-state index is 11.7. The molecule has 1 N–H and O–H groups in total. The number of benzene rings is 2. The van der Waals surface area contributed by atoms with Gasteiger partial charge in [0.15, 0.2) is 16.5 Å². The van der Waals surface area contributed by atoms with Crippen LogP contribution in [0.4, 0.5) is 0 Å². The van der Waals surface area contributed by atoms with Crippen molar-refractivity contribution in [2.24, 2.45) is 11.8 Å². The number of fused-ring (bicyclic) bond motifs is 2. The molecule has 0 aliphatic carbocycles. The Bertz CT molecular complexity index is 2550. The van der Waals surface area contributed by atoms with Gasteiger partial charge in [0.2, 0.25) is 0 Å². The lowest BCUT2D eigenvalue weighted by Gasteiger charge is -2.44. The van der Waals surface area contributed by atoms with E-state index >= 15 is 0 Å². The lowest BCUT2D eigenvalue weighted by atomic mass is 9.85. The van der Waals surface area contributed by atoms with Crippen molar-refractivity contribution in [2.75, 3.05) is 26.2 Å². The minimum Gasteiger partial charge on any atom is -0.388 e. The van der Waals surface area contributed by atoms with Gasteiger partial charge in [-0.3, -0.25) is 9.80 Å². The standard InChI is InChI=1S/C30H45N3OSi.C17H27IN2Si.C13H17NO/c1-21(2)35(22(3)4,23(5)6)33-18-15-27-28(24(7)19-31-30(27)33)29(34)26-13-16-32(17-14-26)20-25-11-9-8-10-12-25;1-11(2)21(12(3)4,13(5)6)20-9-8-15-16(18)14(7)10-19-17(15)20;15-11-13-6-8-14(9-7-13)10-12-4-2-1-3-5-12/h8-12,15,18-19,21-23,26,29,34H,13-14,16-17,20H2,1-7H3;8-13H,1-7H3;1-5,11,13H,6-10H2. The number of aldehydes is 1. The predicted octanol–water partition coefficient (Wildman–Crippen LogP) is 15.4. The number of nitrogens with zero attached hydrogens (tertiary/aromatic N) is 6.